The minimum Gasteiger partial charge on any atom is -0.333 e. The molecular formula is C23H16BrFIN5. The number of rotatable bonds is 5. The molecule has 5 nitrogen and oxygen atoms in total. The summed E-state index contributed by atoms with van der Waals surface area (Å²) in [4.78, 5) is 13.3. The van der Waals surface area contributed by atoms with Crippen molar-refractivity contribution in [2.45, 2.75) is 13.1 Å². The largest absolute Gasteiger partial charge is 0.333 e. The number of hydrogen-bond acceptors (Lipinski definition) is 3. The van der Waals surface area contributed by atoms with Gasteiger partial charge in [-0.3, -0.25) is 4.98 Å². The number of aromatic nitrogens is 5. The number of fused-ring (bicyclic) bond motifs is 1. The summed E-state index contributed by atoms with van der Waals surface area (Å²) in [5.41, 5.74) is 4.54. The van der Waals surface area contributed by atoms with Crippen LogP contribution in [0, 0.1) is 9.39 Å². The van der Waals surface area contributed by atoms with Gasteiger partial charge < -0.3 is 9.13 Å². The molecule has 0 unspecified atom stereocenters. The van der Waals surface area contributed by atoms with Crippen LogP contribution >= 0.6 is 38.5 Å². The molecule has 0 bridgehead atoms. The van der Waals surface area contributed by atoms with Gasteiger partial charge in [0.2, 0.25) is 0 Å². The fraction of sp³-hybridized carbons (Fsp3) is 0.0870. The summed E-state index contributed by atoms with van der Waals surface area (Å²) in [7, 11) is 0. The van der Waals surface area contributed by atoms with Gasteiger partial charge in [0.05, 0.1) is 28.4 Å². The van der Waals surface area contributed by atoms with E-state index < -0.39 is 0 Å². The minimum atomic E-state index is -0.329. The second kappa shape index (κ2) is 8.51. The van der Waals surface area contributed by atoms with Crippen molar-refractivity contribution in [3.8, 4) is 11.4 Å². The van der Waals surface area contributed by atoms with Crippen LogP contribution in [0.1, 0.15) is 11.1 Å². The first-order valence-electron chi connectivity index (χ1n) is 9.56. The fourth-order valence-electron chi connectivity index (χ4n) is 3.56. The van der Waals surface area contributed by atoms with Crippen LogP contribution in [0.15, 0.2) is 78.1 Å². The van der Waals surface area contributed by atoms with E-state index in [0.29, 0.717) is 23.1 Å². The van der Waals surface area contributed by atoms with Gasteiger partial charge in [-0.1, -0.05) is 12.1 Å². The van der Waals surface area contributed by atoms with Crippen molar-refractivity contribution in [1.82, 2.24) is 24.1 Å². The van der Waals surface area contributed by atoms with Gasteiger partial charge in [0.25, 0.3) is 0 Å². The Kier molecular flexibility index (Phi) is 5.58. The Morgan fingerprint density at radius 2 is 1.81 bits per heavy atom. The molecule has 0 fully saturated rings. The van der Waals surface area contributed by atoms with Gasteiger partial charge in [0.15, 0.2) is 0 Å². The van der Waals surface area contributed by atoms with Crippen LogP contribution in [0.2, 0.25) is 0 Å². The van der Waals surface area contributed by atoms with Crippen LogP contribution in [-0.4, -0.2) is 24.1 Å². The molecule has 0 aliphatic heterocycles. The predicted molar refractivity (Wildman–Crippen MR) is 130 cm³/mol. The molecule has 3 aromatic heterocycles. The third-order valence-corrected chi connectivity index (χ3v) is 6.35. The van der Waals surface area contributed by atoms with Crippen LogP contribution in [0.25, 0.3) is 22.4 Å². The Morgan fingerprint density at radius 3 is 2.58 bits per heavy atom. The monoisotopic (exact) mass is 587 g/mol. The van der Waals surface area contributed by atoms with Gasteiger partial charge in [-0.15, -0.1) is 0 Å². The summed E-state index contributed by atoms with van der Waals surface area (Å²) in [6, 6.07) is 13.7. The lowest BCUT2D eigenvalue weighted by atomic mass is 10.1. The van der Waals surface area contributed by atoms with Crippen LogP contribution < -0.4 is 0 Å². The van der Waals surface area contributed by atoms with E-state index in [0.717, 1.165) is 28.0 Å². The van der Waals surface area contributed by atoms with Crippen molar-refractivity contribution in [2.24, 2.45) is 0 Å². The Morgan fingerprint density at radius 1 is 0.968 bits per heavy atom. The van der Waals surface area contributed by atoms with E-state index in [1.54, 1.807) is 24.8 Å². The van der Waals surface area contributed by atoms with Gasteiger partial charge in [0, 0.05) is 46.5 Å². The van der Waals surface area contributed by atoms with Crippen LogP contribution in [-0.2, 0) is 13.1 Å². The first kappa shape index (κ1) is 20.3. The number of nitrogens with zero attached hydrogens (tertiary/aromatic N) is 5. The molecule has 3 heterocycles. The molecule has 31 heavy (non-hydrogen) atoms. The lowest BCUT2D eigenvalue weighted by Gasteiger charge is -2.11. The highest BCUT2D eigenvalue weighted by Gasteiger charge is 2.16. The minimum absolute atomic E-state index is 0.329. The average Bonchev–Trinajstić information content (AvgIpc) is 3.39. The zero-order valence-corrected chi connectivity index (χ0v) is 20.0. The Labute approximate surface area is 200 Å². The van der Waals surface area contributed by atoms with E-state index >= 15 is 0 Å². The summed E-state index contributed by atoms with van der Waals surface area (Å²) in [6.45, 7) is 1.28. The number of benzene rings is 2. The van der Waals surface area contributed by atoms with E-state index in [2.05, 4.69) is 83.4 Å². The lowest BCUT2D eigenvalue weighted by Crippen LogP contribution is -2.04. The molecule has 0 aliphatic carbocycles. The summed E-state index contributed by atoms with van der Waals surface area (Å²) < 4.78 is 19.9. The van der Waals surface area contributed by atoms with Crippen molar-refractivity contribution < 1.29 is 4.39 Å². The number of imidazole rings is 2. The SMILES string of the molecule is Fc1cc2nc(-c3cncc(Cn4ccnc4)c3)n(Cc3ccc(I)cc3)c2cc1Br. The first-order chi connectivity index (χ1) is 15.1. The number of halogens is 3. The van der Waals surface area contributed by atoms with Gasteiger partial charge in [-0.25, -0.2) is 14.4 Å². The van der Waals surface area contributed by atoms with Crippen molar-refractivity contribution in [1.29, 1.82) is 0 Å². The zero-order valence-electron chi connectivity index (χ0n) is 16.2. The maximum Gasteiger partial charge on any atom is 0.143 e. The van der Waals surface area contributed by atoms with Crippen molar-refractivity contribution in [3.63, 3.8) is 0 Å². The lowest BCUT2D eigenvalue weighted by molar-refractivity contribution is 0.622. The molecular weight excluding hydrogens is 572 g/mol. The molecule has 5 aromatic rings. The molecule has 5 rings (SSSR count). The molecule has 0 saturated carbocycles. The van der Waals surface area contributed by atoms with E-state index in [9.17, 15) is 4.39 Å². The molecule has 0 aliphatic rings. The van der Waals surface area contributed by atoms with E-state index in [1.165, 1.54) is 9.64 Å². The molecule has 8 heteroatoms. The molecule has 0 N–H and O–H groups in total. The molecule has 0 radical (unpaired) electrons. The van der Waals surface area contributed by atoms with E-state index in [4.69, 9.17) is 4.98 Å². The van der Waals surface area contributed by atoms with Gasteiger partial charge >= 0.3 is 0 Å². The normalized spacial score (nSPS) is 11.3. The second-order valence-corrected chi connectivity index (χ2v) is 9.32. The maximum absolute atomic E-state index is 14.2. The summed E-state index contributed by atoms with van der Waals surface area (Å²) in [5.74, 6) is 0.427. The van der Waals surface area contributed by atoms with Crippen molar-refractivity contribution in [2.75, 3.05) is 0 Å². The third kappa shape index (κ3) is 4.27. The highest BCUT2D eigenvalue weighted by atomic mass is 127. The van der Waals surface area contributed by atoms with Gasteiger partial charge in [-0.05, 0) is 73.9 Å². The molecule has 0 amide bonds. The summed E-state index contributed by atoms with van der Waals surface area (Å²) in [6.07, 6.45) is 9.09. The van der Waals surface area contributed by atoms with Crippen LogP contribution in [0.3, 0.4) is 0 Å². The van der Waals surface area contributed by atoms with Crippen molar-refractivity contribution >= 4 is 49.6 Å². The summed E-state index contributed by atoms with van der Waals surface area (Å²) in [5, 5.41) is 0. The van der Waals surface area contributed by atoms with Gasteiger partial charge in [-0.2, -0.15) is 0 Å². The topological polar surface area (TPSA) is 48.5 Å². The molecule has 154 valence electrons. The molecule has 0 spiro atoms. The van der Waals surface area contributed by atoms with E-state index in [1.807, 2.05) is 17.0 Å². The third-order valence-electron chi connectivity index (χ3n) is 5.02. The van der Waals surface area contributed by atoms with Gasteiger partial charge in [0.1, 0.15) is 11.6 Å². The Hall–Kier alpha value is -2.59. The summed E-state index contributed by atoms with van der Waals surface area (Å²) >= 11 is 5.61. The van der Waals surface area contributed by atoms with Crippen molar-refractivity contribution in [3.05, 3.63) is 98.6 Å². The second-order valence-electron chi connectivity index (χ2n) is 7.22. The average molecular weight is 588 g/mol. The Balaban J connectivity index is 1.63. The molecule has 2 aromatic carbocycles. The zero-order chi connectivity index (χ0) is 21.4. The predicted octanol–water partition coefficient (Wildman–Crippen LogP) is 5.90. The number of pyridine rings is 1. The maximum atomic E-state index is 14.2. The Bertz CT molecular complexity index is 1360. The number of hydrogen-bond donors (Lipinski definition) is 0. The van der Waals surface area contributed by atoms with Crippen LogP contribution in [0.5, 0.6) is 0 Å². The van der Waals surface area contributed by atoms with Crippen LogP contribution in [0.4, 0.5) is 4.39 Å². The van der Waals surface area contributed by atoms with E-state index in [-0.39, 0.29) is 5.82 Å². The smallest absolute Gasteiger partial charge is 0.143 e. The highest BCUT2D eigenvalue weighted by Crippen LogP contribution is 2.30. The quantitative estimate of drug-likeness (QED) is 0.241. The highest BCUT2D eigenvalue weighted by molar-refractivity contribution is 14.1. The molecule has 0 saturated heterocycles. The molecule has 0 atom stereocenters. The fourth-order valence-corrected chi connectivity index (χ4v) is 4.25. The standard InChI is InChI=1S/C23H16BrFIN5/c24-19-8-22-21(9-20(19)25)29-23(31(22)13-15-1-3-18(26)4-2-15)17-7-16(10-28-11-17)12-30-6-5-27-14-30/h1-11,14H,12-13H2. The first-order valence-corrected chi connectivity index (χ1v) is 11.4.